The molecule has 2 aromatic carbocycles. The molecule has 7 heteroatoms. The second-order valence-corrected chi connectivity index (χ2v) is 7.36. The van der Waals surface area contributed by atoms with Crippen LogP contribution in [0.4, 0.5) is 0 Å². The molecular formula is C21H18N4O2S. The Bertz CT molecular complexity index is 1120. The molecular weight excluding hydrogens is 372 g/mol. The first-order valence-electron chi connectivity index (χ1n) is 8.88. The van der Waals surface area contributed by atoms with Crippen LogP contribution in [0.2, 0.25) is 0 Å². The van der Waals surface area contributed by atoms with Crippen LogP contribution < -0.4 is 5.73 Å². The van der Waals surface area contributed by atoms with Crippen LogP contribution in [0.3, 0.4) is 0 Å². The van der Waals surface area contributed by atoms with Gasteiger partial charge in [-0.3, -0.25) is 4.90 Å². The van der Waals surface area contributed by atoms with Crippen molar-refractivity contribution in [3.05, 3.63) is 70.0 Å². The van der Waals surface area contributed by atoms with E-state index in [1.807, 2.05) is 42.5 Å². The van der Waals surface area contributed by atoms with Gasteiger partial charge in [-0.25, -0.2) is 9.79 Å². The smallest absolute Gasteiger partial charge is 0.338 e. The number of hydrogen-bond donors (Lipinski definition) is 1. The van der Waals surface area contributed by atoms with E-state index in [9.17, 15) is 10.1 Å². The molecule has 0 spiro atoms. The number of rotatable bonds is 3. The molecule has 28 heavy (non-hydrogen) atoms. The van der Waals surface area contributed by atoms with Crippen molar-refractivity contribution in [2.75, 3.05) is 6.61 Å². The Balaban J connectivity index is 1.99. The maximum Gasteiger partial charge on any atom is 0.338 e. The minimum atomic E-state index is -0.518. The van der Waals surface area contributed by atoms with Crippen LogP contribution in [0.25, 0.3) is 10.8 Å². The van der Waals surface area contributed by atoms with Gasteiger partial charge in [0.15, 0.2) is 5.17 Å². The van der Waals surface area contributed by atoms with Crippen molar-refractivity contribution in [3.63, 3.8) is 0 Å². The van der Waals surface area contributed by atoms with E-state index < -0.39 is 12.0 Å². The molecule has 2 aromatic rings. The van der Waals surface area contributed by atoms with Crippen LogP contribution in [0.1, 0.15) is 25.5 Å². The molecule has 0 aliphatic carbocycles. The lowest BCUT2D eigenvalue weighted by molar-refractivity contribution is -0.139. The predicted molar refractivity (Wildman–Crippen MR) is 110 cm³/mol. The molecule has 0 aromatic heterocycles. The van der Waals surface area contributed by atoms with E-state index in [1.54, 1.807) is 18.7 Å². The van der Waals surface area contributed by atoms with Gasteiger partial charge in [0.1, 0.15) is 16.8 Å². The van der Waals surface area contributed by atoms with Gasteiger partial charge in [0, 0.05) is 0 Å². The number of thioether (sulfide) groups is 1. The third kappa shape index (κ3) is 2.74. The number of aliphatic imine (C=N–C) groups is 1. The summed E-state index contributed by atoms with van der Waals surface area (Å²) in [7, 11) is 0. The molecule has 4 rings (SSSR count). The Hall–Kier alpha value is -3.24. The van der Waals surface area contributed by atoms with E-state index in [0.29, 0.717) is 27.2 Å². The van der Waals surface area contributed by atoms with Gasteiger partial charge in [-0.05, 0) is 41.9 Å². The first kappa shape index (κ1) is 18.1. The molecule has 2 aliphatic heterocycles. The van der Waals surface area contributed by atoms with E-state index in [4.69, 9.17) is 10.5 Å². The third-order valence-corrected chi connectivity index (χ3v) is 5.77. The van der Waals surface area contributed by atoms with E-state index in [1.165, 1.54) is 11.8 Å². The quantitative estimate of drug-likeness (QED) is 0.802. The fourth-order valence-electron chi connectivity index (χ4n) is 3.59. The summed E-state index contributed by atoms with van der Waals surface area (Å²) in [5.74, 6) is -0.123. The highest BCUT2D eigenvalue weighted by atomic mass is 32.2. The third-order valence-electron chi connectivity index (χ3n) is 4.79. The van der Waals surface area contributed by atoms with Crippen molar-refractivity contribution in [1.82, 2.24) is 4.90 Å². The van der Waals surface area contributed by atoms with E-state index in [-0.39, 0.29) is 6.61 Å². The number of amidine groups is 1. The lowest BCUT2D eigenvalue weighted by Crippen LogP contribution is -2.38. The monoisotopic (exact) mass is 390 g/mol. The van der Waals surface area contributed by atoms with Crippen molar-refractivity contribution < 1.29 is 9.53 Å². The highest BCUT2D eigenvalue weighted by molar-refractivity contribution is 8.17. The fourth-order valence-corrected chi connectivity index (χ4v) is 4.51. The second kappa shape index (κ2) is 7.06. The highest BCUT2D eigenvalue weighted by Gasteiger charge is 2.43. The molecule has 1 atom stereocenters. The largest absolute Gasteiger partial charge is 0.463 e. The lowest BCUT2D eigenvalue weighted by atomic mass is 9.90. The van der Waals surface area contributed by atoms with E-state index in [0.717, 1.165) is 16.3 Å². The van der Waals surface area contributed by atoms with Crippen LogP contribution in [0.5, 0.6) is 0 Å². The zero-order chi connectivity index (χ0) is 19.8. The molecule has 2 N–H and O–H groups in total. The summed E-state index contributed by atoms with van der Waals surface area (Å²) in [5, 5.41) is 12.1. The number of fused-ring (bicyclic) bond motifs is 2. The highest BCUT2D eigenvalue weighted by Crippen LogP contribution is 2.46. The van der Waals surface area contributed by atoms with Crippen molar-refractivity contribution >= 4 is 33.7 Å². The Morgan fingerprint density at radius 1 is 1.32 bits per heavy atom. The molecule has 0 saturated heterocycles. The number of nitrogens with two attached hydrogens (primary N) is 1. The van der Waals surface area contributed by atoms with Crippen LogP contribution in [0, 0.1) is 11.3 Å². The number of carbonyl (C=O) groups is 1. The van der Waals surface area contributed by atoms with E-state index in [2.05, 4.69) is 11.1 Å². The number of ether oxygens (including phenoxy) is 1. The molecule has 0 unspecified atom stereocenters. The SMILES string of the molecule is CCOC(=O)C1=C(C)N=C2SC(C#N)=C(N)N2[C@H]1c1cccc2ccccc12. The first-order valence-corrected chi connectivity index (χ1v) is 9.69. The van der Waals surface area contributed by atoms with Gasteiger partial charge < -0.3 is 10.5 Å². The summed E-state index contributed by atoms with van der Waals surface area (Å²) in [6.45, 7) is 3.82. The van der Waals surface area contributed by atoms with Crippen molar-refractivity contribution in [1.29, 1.82) is 5.26 Å². The summed E-state index contributed by atoms with van der Waals surface area (Å²) in [4.78, 5) is 19.6. The first-order chi connectivity index (χ1) is 13.6. The number of nitriles is 1. The number of allylic oxidation sites excluding steroid dienone is 2. The molecule has 2 heterocycles. The molecule has 0 saturated carbocycles. The maximum absolute atomic E-state index is 12.9. The number of benzene rings is 2. The zero-order valence-corrected chi connectivity index (χ0v) is 16.3. The Kier molecular flexibility index (Phi) is 4.57. The number of esters is 1. The van der Waals surface area contributed by atoms with Gasteiger partial charge in [-0.15, -0.1) is 0 Å². The van der Waals surface area contributed by atoms with Crippen molar-refractivity contribution in [2.24, 2.45) is 10.7 Å². The average molecular weight is 390 g/mol. The molecule has 0 amide bonds. The Morgan fingerprint density at radius 3 is 2.82 bits per heavy atom. The summed E-state index contributed by atoms with van der Waals surface area (Å²) in [6, 6.07) is 15.5. The zero-order valence-electron chi connectivity index (χ0n) is 15.5. The van der Waals surface area contributed by atoms with Gasteiger partial charge in [-0.1, -0.05) is 42.5 Å². The van der Waals surface area contributed by atoms with Crippen molar-refractivity contribution in [3.8, 4) is 6.07 Å². The second-order valence-electron chi connectivity index (χ2n) is 6.38. The van der Waals surface area contributed by atoms with E-state index >= 15 is 0 Å². The van der Waals surface area contributed by atoms with Crippen LogP contribution in [0.15, 0.2) is 69.5 Å². The minimum Gasteiger partial charge on any atom is -0.463 e. The maximum atomic E-state index is 12.9. The number of nitrogens with zero attached hydrogens (tertiary/aromatic N) is 3. The van der Waals surface area contributed by atoms with Gasteiger partial charge in [0.2, 0.25) is 0 Å². The van der Waals surface area contributed by atoms with Gasteiger partial charge in [-0.2, -0.15) is 5.26 Å². The summed E-state index contributed by atoms with van der Waals surface area (Å²) >= 11 is 1.22. The molecule has 140 valence electrons. The molecule has 6 nitrogen and oxygen atoms in total. The number of carbonyl (C=O) groups excluding carboxylic acids is 1. The topological polar surface area (TPSA) is 91.7 Å². The molecule has 0 bridgehead atoms. The van der Waals surface area contributed by atoms with Gasteiger partial charge in [0.25, 0.3) is 0 Å². The molecule has 0 radical (unpaired) electrons. The predicted octanol–water partition coefficient (Wildman–Crippen LogP) is 3.79. The molecule has 2 aliphatic rings. The average Bonchev–Trinajstić information content (AvgIpc) is 3.02. The van der Waals surface area contributed by atoms with Crippen LogP contribution >= 0.6 is 11.8 Å². The summed E-state index contributed by atoms with van der Waals surface area (Å²) in [6.07, 6.45) is 0. The standard InChI is InChI=1S/C21H18N4O2S/c1-3-27-20(26)17-12(2)24-21-25(19(23)16(11-22)28-21)18(17)15-10-6-8-13-7-4-5-9-14(13)15/h4-10,18H,3,23H2,1-2H3/t18-/m0/s1. The van der Waals surface area contributed by atoms with Crippen molar-refractivity contribution in [2.45, 2.75) is 19.9 Å². The Labute approximate surface area is 167 Å². The lowest BCUT2D eigenvalue weighted by Gasteiger charge is -2.35. The summed E-state index contributed by atoms with van der Waals surface area (Å²) in [5.41, 5.74) is 8.22. The van der Waals surface area contributed by atoms with Crippen LogP contribution in [-0.2, 0) is 9.53 Å². The number of hydrogen-bond acceptors (Lipinski definition) is 7. The van der Waals surface area contributed by atoms with Gasteiger partial charge >= 0.3 is 5.97 Å². The van der Waals surface area contributed by atoms with Gasteiger partial charge in [0.05, 0.1) is 23.9 Å². The fraction of sp³-hybridized carbons (Fsp3) is 0.190. The summed E-state index contributed by atoms with van der Waals surface area (Å²) < 4.78 is 5.33. The van der Waals surface area contributed by atoms with Crippen LogP contribution in [-0.4, -0.2) is 22.6 Å². The molecule has 0 fully saturated rings. The normalized spacial score (nSPS) is 18.8. The minimum absolute atomic E-state index is 0.262. The Morgan fingerprint density at radius 2 is 2.07 bits per heavy atom.